The Morgan fingerprint density at radius 3 is 2.30 bits per heavy atom. The van der Waals surface area contributed by atoms with Gasteiger partial charge >= 0.3 is 6.09 Å². The minimum atomic E-state index is -0.650. The number of carbonyl (C=O) groups is 2. The first kappa shape index (κ1) is 32.6. The SMILES string of the molecule is CCN(C(=O)C1=C(c2cccc(-c3ccccc3)c2)CCN(C(=O)OC(C)(C)C)C1)c1ccc(OC)cc1OCCCOC. The average molecular weight is 601 g/mol. The number of benzene rings is 3. The molecule has 0 atom stereocenters. The van der Waals surface area contributed by atoms with Crippen LogP contribution in [0.5, 0.6) is 11.5 Å². The summed E-state index contributed by atoms with van der Waals surface area (Å²) in [5.41, 5.74) is 4.57. The molecule has 0 saturated heterocycles. The van der Waals surface area contributed by atoms with Crippen molar-refractivity contribution < 1.29 is 28.5 Å². The summed E-state index contributed by atoms with van der Waals surface area (Å²) >= 11 is 0. The Labute approximate surface area is 261 Å². The number of hydrogen-bond acceptors (Lipinski definition) is 6. The summed E-state index contributed by atoms with van der Waals surface area (Å²) in [5.74, 6) is 0.988. The molecule has 2 amide bonds. The molecule has 1 aliphatic rings. The third-order valence-electron chi connectivity index (χ3n) is 7.34. The molecule has 1 heterocycles. The third kappa shape index (κ3) is 8.20. The van der Waals surface area contributed by atoms with Crippen molar-refractivity contribution in [3.63, 3.8) is 0 Å². The van der Waals surface area contributed by atoms with E-state index in [1.54, 1.807) is 30.1 Å². The van der Waals surface area contributed by atoms with Crippen LogP contribution in [-0.4, -0.2) is 69.6 Å². The topological polar surface area (TPSA) is 77.5 Å². The highest BCUT2D eigenvalue weighted by molar-refractivity contribution is 6.12. The maximum absolute atomic E-state index is 14.6. The van der Waals surface area contributed by atoms with Crippen LogP contribution < -0.4 is 14.4 Å². The van der Waals surface area contributed by atoms with E-state index in [-0.39, 0.29) is 12.5 Å². The maximum Gasteiger partial charge on any atom is 0.410 e. The minimum Gasteiger partial charge on any atom is -0.497 e. The molecule has 44 heavy (non-hydrogen) atoms. The van der Waals surface area contributed by atoms with Crippen LogP contribution in [0.15, 0.2) is 78.4 Å². The summed E-state index contributed by atoms with van der Waals surface area (Å²) < 4.78 is 22.5. The molecule has 0 spiro atoms. The lowest BCUT2D eigenvalue weighted by atomic mass is 9.90. The van der Waals surface area contributed by atoms with E-state index in [0.29, 0.717) is 61.9 Å². The number of nitrogens with zero attached hydrogens (tertiary/aromatic N) is 2. The summed E-state index contributed by atoms with van der Waals surface area (Å²) in [6, 6.07) is 23.9. The minimum absolute atomic E-state index is 0.134. The van der Waals surface area contributed by atoms with Gasteiger partial charge in [0.2, 0.25) is 0 Å². The summed E-state index contributed by atoms with van der Waals surface area (Å²) in [6.07, 6.45) is 0.777. The van der Waals surface area contributed by atoms with Crippen LogP contribution in [0.25, 0.3) is 16.7 Å². The second kappa shape index (κ2) is 14.9. The predicted molar refractivity (Wildman–Crippen MR) is 174 cm³/mol. The van der Waals surface area contributed by atoms with Gasteiger partial charge in [0.1, 0.15) is 17.1 Å². The zero-order valence-corrected chi connectivity index (χ0v) is 26.7. The van der Waals surface area contributed by atoms with Crippen molar-refractivity contribution in [3.8, 4) is 22.6 Å². The van der Waals surface area contributed by atoms with E-state index < -0.39 is 11.7 Å². The molecule has 0 bridgehead atoms. The van der Waals surface area contributed by atoms with Crippen molar-refractivity contribution in [1.29, 1.82) is 0 Å². The highest BCUT2D eigenvalue weighted by atomic mass is 16.6. The summed E-state index contributed by atoms with van der Waals surface area (Å²) in [6.45, 7) is 9.42. The lowest BCUT2D eigenvalue weighted by molar-refractivity contribution is -0.115. The van der Waals surface area contributed by atoms with Crippen LogP contribution >= 0.6 is 0 Å². The molecule has 0 N–H and O–H groups in total. The number of amides is 2. The molecular formula is C36H44N2O6. The van der Waals surface area contributed by atoms with Crippen LogP contribution in [0.3, 0.4) is 0 Å². The Kier molecular flexibility index (Phi) is 11.1. The zero-order chi connectivity index (χ0) is 31.7. The number of anilines is 1. The van der Waals surface area contributed by atoms with Crippen molar-refractivity contribution in [2.45, 2.75) is 46.1 Å². The number of ether oxygens (including phenoxy) is 4. The Hall–Kier alpha value is -4.30. The van der Waals surface area contributed by atoms with Gasteiger partial charge in [0.15, 0.2) is 0 Å². The Balaban J connectivity index is 1.77. The van der Waals surface area contributed by atoms with E-state index >= 15 is 0 Å². The van der Waals surface area contributed by atoms with Gasteiger partial charge in [-0.15, -0.1) is 0 Å². The average Bonchev–Trinajstić information content (AvgIpc) is 3.03. The number of methoxy groups -OCH3 is 2. The first-order valence-corrected chi connectivity index (χ1v) is 15.1. The van der Waals surface area contributed by atoms with Crippen molar-refractivity contribution in [3.05, 3.63) is 83.9 Å². The fourth-order valence-electron chi connectivity index (χ4n) is 5.21. The smallest absolute Gasteiger partial charge is 0.410 e. The summed E-state index contributed by atoms with van der Waals surface area (Å²) in [4.78, 5) is 31.1. The van der Waals surface area contributed by atoms with Crippen molar-refractivity contribution in [1.82, 2.24) is 4.90 Å². The van der Waals surface area contributed by atoms with Gasteiger partial charge in [-0.05, 0) is 74.6 Å². The van der Waals surface area contributed by atoms with Crippen LogP contribution in [0.4, 0.5) is 10.5 Å². The standard InChI is InChI=1S/C36H44N2O6/c1-7-38(32-18-17-29(42-6)24-33(32)43-22-12-21-41-5)34(39)31-25-37(35(40)44-36(2,3)4)20-19-30(31)28-16-11-15-27(23-28)26-13-9-8-10-14-26/h8-11,13-18,23-24H,7,12,19-22,25H2,1-6H3. The van der Waals surface area contributed by atoms with E-state index in [2.05, 4.69) is 24.3 Å². The van der Waals surface area contributed by atoms with Crippen molar-refractivity contribution >= 4 is 23.3 Å². The highest BCUT2D eigenvalue weighted by Gasteiger charge is 2.33. The Bertz CT molecular complexity index is 1460. The molecule has 0 saturated carbocycles. The molecule has 0 aliphatic carbocycles. The second-order valence-corrected chi connectivity index (χ2v) is 11.6. The van der Waals surface area contributed by atoms with Crippen LogP contribution in [0.2, 0.25) is 0 Å². The fourth-order valence-corrected chi connectivity index (χ4v) is 5.21. The fraction of sp³-hybridized carbons (Fsp3) is 0.389. The van der Waals surface area contributed by atoms with E-state index in [1.807, 2.05) is 70.2 Å². The largest absolute Gasteiger partial charge is 0.497 e. The van der Waals surface area contributed by atoms with Gasteiger partial charge in [-0.2, -0.15) is 0 Å². The van der Waals surface area contributed by atoms with Gasteiger partial charge in [0.25, 0.3) is 5.91 Å². The van der Waals surface area contributed by atoms with Gasteiger partial charge in [-0.3, -0.25) is 4.79 Å². The first-order chi connectivity index (χ1) is 21.1. The highest BCUT2D eigenvalue weighted by Crippen LogP contribution is 2.37. The molecule has 8 heteroatoms. The molecule has 3 aromatic carbocycles. The molecule has 0 radical (unpaired) electrons. The normalized spacial score (nSPS) is 13.5. The van der Waals surface area contributed by atoms with E-state index in [4.69, 9.17) is 18.9 Å². The number of carbonyl (C=O) groups excluding carboxylic acids is 2. The van der Waals surface area contributed by atoms with Gasteiger partial charge in [-0.25, -0.2) is 4.79 Å². The van der Waals surface area contributed by atoms with Crippen LogP contribution in [0.1, 0.15) is 46.1 Å². The number of likely N-dealkylation sites (N-methyl/N-ethyl adjacent to an activating group) is 1. The first-order valence-electron chi connectivity index (χ1n) is 15.1. The lowest BCUT2D eigenvalue weighted by Crippen LogP contribution is -2.44. The van der Waals surface area contributed by atoms with Gasteiger partial charge in [-0.1, -0.05) is 48.5 Å². The van der Waals surface area contributed by atoms with E-state index in [9.17, 15) is 9.59 Å². The Morgan fingerprint density at radius 2 is 1.61 bits per heavy atom. The molecular weight excluding hydrogens is 556 g/mol. The molecule has 1 aliphatic heterocycles. The summed E-state index contributed by atoms with van der Waals surface area (Å²) in [7, 11) is 3.25. The maximum atomic E-state index is 14.6. The molecule has 4 rings (SSSR count). The summed E-state index contributed by atoms with van der Waals surface area (Å²) in [5, 5.41) is 0. The predicted octanol–water partition coefficient (Wildman–Crippen LogP) is 7.23. The van der Waals surface area contributed by atoms with Crippen LogP contribution in [0, 0.1) is 0 Å². The van der Waals surface area contributed by atoms with Crippen molar-refractivity contribution in [2.24, 2.45) is 0 Å². The molecule has 0 aromatic heterocycles. The second-order valence-electron chi connectivity index (χ2n) is 11.6. The number of hydrogen-bond donors (Lipinski definition) is 0. The third-order valence-corrected chi connectivity index (χ3v) is 7.34. The molecule has 8 nitrogen and oxygen atoms in total. The lowest BCUT2D eigenvalue weighted by Gasteiger charge is -2.34. The molecule has 234 valence electrons. The van der Waals surface area contributed by atoms with Crippen LogP contribution in [-0.2, 0) is 14.3 Å². The molecule has 0 unspecified atom stereocenters. The quantitative estimate of drug-likeness (QED) is 0.216. The van der Waals surface area contributed by atoms with Gasteiger partial charge in [0, 0.05) is 44.9 Å². The zero-order valence-electron chi connectivity index (χ0n) is 26.7. The monoisotopic (exact) mass is 600 g/mol. The Morgan fingerprint density at radius 1 is 0.886 bits per heavy atom. The van der Waals surface area contributed by atoms with E-state index in [1.165, 1.54) is 0 Å². The van der Waals surface area contributed by atoms with Crippen molar-refractivity contribution in [2.75, 3.05) is 52.0 Å². The number of rotatable bonds is 11. The molecule has 0 fully saturated rings. The van der Waals surface area contributed by atoms with Gasteiger partial charge < -0.3 is 28.7 Å². The molecule has 3 aromatic rings. The van der Waals surface area contributed by atoms with Gasteiger partial charge in [0.05, 0.1) is 25.9 Å². The van der Waals surface area contributed by atoms with E-state index in [0.717, 1.165) is 22.3 Å².